The van der Waals surface area contributed by atoms with Gasteiger partial charge >= 0.3 is 5.97 Å². The maximum Gasteiger partial charge on any atom is 0.335 e. The zero-order valence-electron chi connectivity index (χ0n) is 16.7. The molecule has 3 aromatic rings. The van der Waals surface area contributed by atoms with E-state index in [1.807, 2.05) is 11.5 Å². The van der Waals surface area contributed by atoms with Crippen LogP contribution >= 0.6 is 23.5 Å². The van der Waals surface area contributed by atoms with Crippen molar-refractivity contribution in [2.75, 3.05) is 11.1 Å². The number of aromatic carboxylic acids is 1. The molecule has 2 N–H and O–H groups in total. The Labute approximate surface area is 183 Å². The summed E-state index contributed by atoms with van der Waals surface area (Å²) in [6.07, 6.45) is 0. The number of thioether (sulfide) groups is 2. The molecule has 1 amide bonds. The van der Waals surface area contributed by atoms with Crippen LogP contribution < -0.4 is 5.32 Å². The van der Waals surface area contributed by atoms with E-state index in [0.29, 0.717) is 23.1 Å². The standard InChI is InChI=1S/C21H22N4O3S2/c1-3-25-18(12-29-17-9-7-14(2)8-10-17)23-24-21(25)30-13-19(26)22-16-6-4-5-15(11-16)20(27)28/h4-11H,3,12-13H2,1-2H3,(H,22,26)(H,27,28). The molecule has 156 valence electrons. The van der Waals surface area contributed by atoms with Gasteiger partial charge in [-0.25, -0.2) is 4.79 Å². The minimum absolute atomic E-state index is 0.127. The fourth-order valence-electron chi connectivity index (χ4n) is 2.69. The van der Waals surface area contributed by atoms with Gasteiger partial charge in [-0.05, 0) is 44.2 Å². The van der Waals surface area contributed by atoms with Crippen LogP contribution in [0.3, 0.4) is 0 Å². The Morgan fingerprint density at radius 1 is 1.10 bits per heavy atom. The second-order valence-corrected chi connectivity index (χ2v) is 8.46. The molecule has 0 saturated carbocycles. The number of aromatic nitrogens is 3. The molecule has 0 saturated heterocycles. The molecule has 0 unspecified atom stereocenters. The number of hydrogen-bond donors (Lipinski definition) is 2. The summed E-state index contributed by atoms with van der Waals surface area (Å²) >= 11 is 3.00. The topological polar surface area (TPSA) is 97.1 Å². The summed E-state index contributed by atoms with van der Waals surface area (Å²) in [6.45, 7) is 4.79. The van der Waals surface area contributed by atoms with E-state index in [4.69, 9.17) is 5.11 Å². The predicted molar refractivity (Wildman–Crippen MR) is 119 cm³/mol. The number of benzene rings is 2. The van der Waals surface area contributed by atoms with Crippen molar-refractivity contribution in [1.29, 1.82) is 0 Å². The monoisotopic (exact) mass is 442 g/mol. The van der Waals surface area contributed by atoms with Crippen LogP contribution in [0.2, 0.25) is 0 Å². The van der Waals surface area contributed by atoms with Gasteiger partial charge in [-0.3, -0.25) is 4.79 Å². The molecular formula is C21H22N4O3S2. The van der Waals surface area contributed by atoms with Gasteiger partial charge in [0.05, 0.1) is 17.1 Å². The SMILES string of the molecule is CCn1c(CSc2ccc(C)cc2)nnc1SCC(=O)Nc1cccc(C(=O)O)c1. The zero-order valence-corrected chi connectivity index (χ0v) is 18.3. The molecule has 9 heteroatoms. The van der Waals surface area contributed by atoms with E-state index in [2.05, 4.69) is 46.7 Å². The van der Waals surface area contributed by atoms with Gasteiger partial charge in [0, 0.05) is 17.1 Å². The van der Waals surface area contributed by atoms with Crippen LogP contribution in [-0.2, 0) is 17.1 Å². The highest BCUT2D eigenvalue weighted by Gasteiger charge is 2.14. The van der Waals surface area contributed by atoms with Gasteiger partial charge < -0.3 is 15.0 Å². The largest absolute Gasteiger partial charge is 0.478 e. The number of rotatable bonds is 9. The number of aryl methyl sites for hydroxylation is 1. The Hall–Kier alpha value is -2.78. The summed E-state index contributed by atoms with van der Waals surface area (Å²) in [4.78, 5) is 24.5. The maximum atomic E-state index is 12.3. The van der Waals surface area contributed by atoms with Crippen LogP contribution in [0.4, 0.5) is 5.69 Å². The number of anilines is 1. The lowest BCUT2D eigenvalue weighted by Crippen LogP contribution is -2.15. The van der Waals surface area contributed by atoms with Crippen LogP contribution in [0.5, 0.6) is 0 Å². The molecule has 1 aromatic heterocycles. The number of amides is 1. The molecule has 0 aliphatic heterocycles. The first-order valence-electron chi connectivity index (χ1n) is 9.34. The highest BCUT2D eigenvalue weighted by Crippen LogP contribution is 2.25. The molecule has 0 aliphatic rings. The molecule has 0 atom stereocenters. The summed E-state index contributed by atoms with van der Waals surface area (Å²) in [7, 11) is 0. The van der Waals surface area contributed by atoms with Crippen LogP contribution in [0.25, 0.3) is 0 Å². The van der Waals surface area contributed by atoms with Gasteiger partial charge in [0.25, 0.3) is 0 Å². The fourth-order valence-corrected chi connectivity index (χ4v) is 4.35. The van der Waals surface area contributed by atoms with Crippen LogP contribution in [0.15, 0.2) is 58.6 Å². The molecule has 0 bridgehead atoms. The van der Waals surface area contributed by atoms with E-state index in [1.165, 1.54) is 34.4 Å². The molecule has 0 spiro atoms. The lowest BCUT2D eigenvalue weighted by Gasteiger charge is -2.08. The average Bonchev–Trinajstić information content (AvgIpc) is 3.14. The van der Waals surface area contributed by atoms with Crippen molar-refractivity contribution in [3.8, 4) is 0 Å². The van der Waals surface area contributed by atoms with E-state index in [1.54, 1.807) is 23.9 Å². The van der Waals surface area contributed by atoms with E-state index in [-0.39, 0.29) is 17.2 Å². The van der Waals surface area contributed by atoms with Crippen molar-refractivity contribution in [1.82, 2.24) is 14.8 Å². The van der Waals surface area contributed by atoms with Crippen LogP contribution in [0, 0.1) is 6.92 Å². The summed E-state index contributed by atoms with van der Waals surface area (Å²) in [5.41, 5.74) is 1.80. The Balaban J connectivity index is 1.57. The average molecular weight is 443 g/mol. The highest BCUT2D eigenvalue weighted by atomic mass is 32.2. The Morgan fingerprint density at radius 3 is 2.57 bits per heavy atom. The summed E-state index contributed by atoms with van der Waals surface area (Å²) in [5.74, 6) is 0.440. The third kappa shape index (κ3) is 5.87. The number of hydrogen-bond acceptors (Lipinski definition) is 6. The van der Waals surface area contributed by atoms with Gasteiger partial charge in [0.1, 0.15) is 5.82 Å². The minimum atomic E-state index is -1.03. The number of carbonyl (C=O) groups excluding carboxylic acids is 1. The number of nitrogens with one attached hydrogen (secondary N) is 1. The first-order valence-corrected chi connectivity index (χ1v) is 11.3. The van der Waals surface area contributed by atoms with Crippen molar-refractivity contribution < 1.29 is 14.7 Å². The van der Waals surface area contributed by atoms with E-state index < -0.39 is 5.97 Å². The number of carbonyl (C=O) groups is 2. The van der Waals surface area contributed by atoms with E-state index >= 15 is 0 Å². The van der Waals surface area contributed by atoms with E-state index in [0.717, 1.165) is 5.82 Å². The Bertz CT molecular complexity index is 1030. The fraction of sp³-hybridized carbons (Fsp3) is 0.238. The highest BCUT2D eigenvalue weighted by molar-refractivity contribution is 7.99. The summed E-state index contributed by atoms with van der Waals surface area (Å²) in [5, 5.41) is 21.0. The summed E-state index contributed by atoms with van der Waals surface area (Å²) < 4.78 is 2.00. The lowest BCUT2D eigenvalue weighted by molar-refractivity contribution is -0.113. The first-order chi connectivity index (χ1) is 14.5. The van der Waals surface area contributed by atoms with Gasteiger partial charge in [0.15, 0.2) is 5.16 Å². The van der Waals surface area contributed by atoms with Crippen LogP contribution in [-0.4, -0.2) is 37.5 Å². The maximum absolute atomic E-state index is 12.3. The van der Waals surface area contributed by atoms with Crippen molar-refractivity contribution in [3.05, 3.63) is 65.5 Å². The van der Waals surface area contributed by atoms with Gasteiger partial charge in [-0.2, -0.15) is 0 Å². The van der Waals surface area contributed by atoms with E-state index in [9.17, 15) is 9.59 Å². The van der Waals surface area contributed by atoms with Crippen LogP contribution in [0.1, 0.15) is 28.7 Å². The van der Waals surface area contributed by atoms with Crippen molar-refractivity contribution >= 4 is 41.1 Å². The molecule has 0 aliphatic carbocycles. The second kappa shape index (κ2) is 10.3. The zero-order chi connectivity index (χ0) is 21.5. The molecule has 7 nitrogen and oxygen atoms in total. The number of nitrogens with zero attached hydrogens (tertiary/aromatic N) is 3. The first kappa shape index (κ1) is 21.9. The molecule has 0 fully saturated rings. The number of carboxylic acids is 1. The molecule has 30 heavy (non-hydrogen) atoms. The third-order valence-electron chi connectivity index (χ3n) is 4.22. The minimum Gasteiger partial charge on any atom is -0.478 e. The van der Waals surface area contributed by atoms with Gasteiger partial charge in [0.2, 0.25) is 5.91 Å². The Morgan fingerprint density at radius 2 is 1.87 bits per heavy atom. The normalized spacial score (nSPS) is 10.7. The summed E-state index contributed by atoms with van der Waals surface area (Å²) in [6, 6.07) is 14.5. The van der Waals surface area contributed by atoms with Crippen molar-refractivity contribution in [2.45, 2.75) is 36.2 Å². The van der Waals surface area contributed by atoms with Gasteiger partial charge in [-0.1, -0.05) is 35.5 Å². The predicted octanol–water partition coefficient (Wildman–Crippen LogP) is 4.33. The number of carboxylic acid groups (broad SMARTS) is 1. The second-order valence-electron chi connectivity index (χ2n) is 6.47. The molecule has 2 aromatic carbocycles. The quantitative estimate of drug-likeness (QED) is 0.476. The molecular weight excluding hydrogens is 420 g/mol. The van der Waals surface area contributed by atoms with Gasteiger partial charge in [-0.15, -0.1) is 22.0 Å². The van der Waals surface area contributed by atoms with Crippen molar-refractivity contribution in [2.24, 2.45) is 0 Å². The Kier molecular flexibility index (Phi) is 7.53. The molecule has 0 radical (unpaired) electrons. The van der Waals surface area contributed by atoms with Crippen molar-refractivity contribution in [3.63, 3.8) is 0 Å². The smallest absolute Gasteiger partial charge is 0.335 e. The third-order valence-corrected chi connectivity index (χ3v) is 6.20. The molecule has 3 rings (SSSR count). The lowest BCUT2D eigenvalue weighted by atomic mass is 10.2. The molecule has 1 heterocycles.